The molecular weight excluding hydrogens is 298 g/mol. The SMILES string of the molecule is COC(=O)N1CCC2(CC(N(C)CCC3(C)CNC(=O)O3)C2)C1. The van der Waals surface area contributed by atoms with Crippen LogP contribution in [-0.4, -0.2) is 74.0 Å². The minimum absolute atomic E-state index is 0.206. The second-order valence-electron chi connectivity index (χ2n) is 7.63. The number of methoxy groups -OCH3 is 1. The number of nitrogens with one attached hydrogen (secondary N) is 1. The van der Waals surface area contributed by atoms with Crippen molar-refractivity contribution in [2.45, 2.75) is 44.2 Å². The van der Waals surface area contributed by atoms with Crippen LogP contribution in [0.4, 0.5) is 9.59 Å². The number of rotatable bonds is 4. The van der Waals surface area contributed by atoms with Crippen LogP contribution in [-0.2, 0) is 9.47 Å². The largest absolute Gasteiger partial charge is 0.453 e. The zero-order valence-electron chi connectivity index (χ0n) is 14.3. The third kappa shape index (κ3) is 3.24. The van der Waals surface area contributed by atoms with Crippen LogP contribution in [0, 0.1) is 5.41 Å². The second kappa shape index (κ2) is 5.85. The number of hydrogen-bond donors (Lipinski definition) is 1. The molecule has 3 rings (SSSR count). The van der Waals surface area contributed by atoms with Gasteiger partial charge in [0.1, 0.15) is 5.60 Å². The molecule has 2 aliphatic heterocycles. The van der Waals surface area contributed by atoms with Crippen LogP contribution in [0.5, 0.6) is 0 Å². The first-order chi connectivity index (χ1) is 10.8. The van der Waals surface area contributed by atoms with Gasteiger partial charge < -0.3 is 24.6 Å². The molecule has 2 amide bonds. The van der Waals surface area contributed by atoms with E-state index in [-0.39, 0.29) is 17.8 Å². The number of nitrogens with zero attached hydrogens (tertiary/aromatic N) is 2. The van der Waals surface area contributed by atoms with Gasteiger partial charge in [-0.25, -0.2) is 9.59 Å². The van der Waals surface area contributed by atoms with E-state index in [2.05, 4.69) is 17.3 Å². The smallest absolute Gasteiger partial charge is 0.409 e. The van der Waals surface area contributed by atoms with Gasteiger partial charge in [0.15, 0.2) is 0 Å². The molecule has 23 heavy (non-hydrogen) atoms. The molecule has 1 spiro atoms. The van der Waals surface area contributed by atoms with Crippen molar-refractivity contribution >= 4 is 12.2 Å². The van der Waals surface area contributed by atoms with E-state index in [9.17, 15) is 9.59 Å². The van der Waals surface area contributed by atoms with E-state index in [0.717, 1.165) is 45.3 Å². The van der Waals surface area contributed by atoms with E-state index in [1.54, 1.807) is 0 Å². The maximum atomic E-state index is 11.6. The predicted octanol–water partition coefficient (Wildman–Crippen LogP) is 1.43. The molecule has 7 heteroatoms. The fraction of sp³-hybridized carbons (Fsp3) is 0.875. The molecule has 0 bridgehead atoms. The van der Waals surface area contributed by atoms with E-state index in [0.29, 0.717) is 18.0 Å². The molecule has 0 aromatic heterocycles. The van der Waals surface area contributed by atoms with Crippen molar-refractivity contribution in [2.75, 3.05) is 40.3 Å². The van der Waals surface area contributed by atoms with Crippen molar-refractivity contribution < 1.29 is 19.1 Å². The topological polar surface area (TPSA) is 71.1 Å². The van der Waals surface area contributed by atoms with Crippen LogP contribution in [0.15, 0.2) is 0 Å². The van der Waals surface area contributed by atoms with E-state index >= 15 is 0 Å². The van der Waals surface area contributed by atoms with Gasteiger partial charge in [0.2, 0.25) is 0 Å². The van der Waals surface area contributed by atoms with Crippen LogP contribution >= 0.6 is 0 Å². The molecule has 130 valence electrons. The molecule has 1 unspecified atom stereocenters. The van der Waals surface area contributed by atoms with Crippen LogP contribution in [0.1, 0.15) is 32.6 Å². The molecule has 2 heterocycles. The monoisotopic (exact) mass is 325 g/mol. The first-order valence-corrected chi connectivity index (χ1v) is 8.35. The zero-order valence-corrected chi connectivity index (χ0v) is 14.3. The number of hydrogen-bond acceptors (Lipinski definition) is 5. The molecule has 0 radical (unpaired) electrons. The Morgan fingerprint density at radius 3 is 2.87 bits per heavy atom. The number of amides is 2. The van der Waals surface area contributed by atoms with Crippen molar-refractivity contribution in [1.29, 1.82) is 0 Å². The summed E-state index contributed by atoms with van der Waals surface area (Å²) in [5.74, 6) is 0. The standard InChI is InChI=1S/C16H27N3O4/c1-15(10-17-13(20)23-15)4-6-18(2)12-8-16(9-12)5-7-19(11-16)14(21)22-3/h12H,4-11H2,1-3H3,(H,17,20). The number of alkyl carbamates (subject to hydrolysis) is 1. The fourth-order valence-corrected chi connectivity index (χ4v) is 4.09. The van der Waals surface area contributed by atoms with Crippen molar-refractivity contribution in [3.05, 3.63) is 0 Å². The summed E-state index contributed by atoms with van der Waals surface area (Å²) in [5, 5.41) is 2.72. The molecule has 0 aromatic rings. The zero-order chi connectivity index (χ0) is 16.7. The summed E-state index contributed by atoms with van der Waals surface area (Å²) in [6.45, 7) is 5.10. The first-order valence-electron chi connectivity index (χ1n) is 8.35. The Bertz CT molecular complexity index is 492. The van der Waals surface area contributed by atoms with Crippen molar-refractivity contribution in [3.8, 4) is 0 Å². The summed E-state index contributed by atoms with van der Waals surface area (Å²) in [7, 11) is 3.58. The lowest BCUT2D eigenvalue weighted by Crippen LogP contribution is -2.52. The highest BCUT2D eigenvalue weighted by Gasteiger charge is 2.50. The summed E-state index contributed by atoms with van der Waals surface area (Å²) in [6, 6.07) is 0.557. The lowest BCUT2D eigenvalue weighted by Gasteiger charge is -2.49. The second-order valence-corrected chi connectivity index (χ2v) is 7.63. The minimum atomic E-state index is -0.387. The molecule has 1 aliphatic carbocycles. The Hall–Kier alpha value is -1.50. The van der Waals surface area contributed by atoms with Gasteiger partial charge in [0.05, 0.1) is 13.7 Å². The van der Waals surface area contributed by atoms with Crippen LogP contribution in [0.25, 0.3) is 0 Å². The third-order valence-corrected chi connectivity index (χ3v) is 5.77. The molecule has 7 nitrogen and oxygen atoms in total. The van der Waals surface area contributed by atoms with Gasteiger partial charge in [0, 0.05) is 32.1 Å². The maximum Gasteiger partial charge on any atom is 0.409 e. The van der Waals surface area contributed by atoms with Gasteiger partial charge in [-0.1, -0.05) is 0 Å². The lowest BCUT2D eigenvalue weighted by molar-refractivity contribution is 0.00365. The number of carbonyl (C=O) groups is 2. The highest BCUT2D eigenvalue weighted by Crippen LogP contribution is 2.50. The van der Waals surface area contributed by atoms with Crippen molar-refractivity contribution in [3.63, 3.8) is 0 Å². The Balaban J connectivity index is 1.43. The van der Waals surface area contributed by atoms with E-state index in [1.165, 1.54) is 7.11 Å². The average molecular weight is 325 g/mol. The molecule has 1 saturated carbocycles. The molecule has 1 atom stereocenters. The quantitative estimate of drug-likeness (QED) is 0.846. The Labute approximate surface area is 137 Å². The van der Waals surface area contributed by atoms with Crippen molar-refractivity contribution in [1.82, 2.24) is 15.1 Å². The predicted molar refractivity (Wildman–Crippen MR) is 84.2 cm³/mol. The number of ether oxygens (including phenoxy) is 2. The molecule has 3 fully saturated rings. The van der Waals surface area contributed by atoms with Gasteiger partial charge >= 0.3 is 12.2 Å². The maximum absolute atomic E-state index is 11.6. The van der Waals surface area contributed by atoms with Gasteiger partial charge in [-0.3, -0.25) is 0 Å². The summed E-state index contributed by atoms with van der Waals surface area (Å²) in [6.07, 6.45) is 3.65. The van der Waals surface area contributed by atoms with Crippen LogP contribution < -0.4 is 5.32 Å². The Kier molecular flexibility index (Phi) is 4.16. The Morgan fingerprint density at radius 2 is 2.26 bits per heavy atom. The summed E-state index contributed by atoms with van der Waals surface area (Å²) < 4.78 is 10.2. The molecule has 1 N–H and O–H groups in total. The minimum Gasteiger partial charge on any atom is -0.453 e. The van der Waals surface area contributed by atoms with E-state index < -0.39 is 0 Å². The molecule has 2 saturated heterocycles. The van der Waals surface area contributed by atoms with Gasteiger partial charge in [-0.05, 0) is 38.6 Å². The number of cyclic esters (lactones) is 1. The van der Waals surface area contributed by atoms with Gasteiger partial charge in [-0.2, -0.15) is 0 Å². The van der Waals surface area contributed by atoms with Crippen LogP contribution in [0.3, 0.4) is 0 Å². The number of likely N-dealkylation sites (tertiary alicyclic amines) is 1. The summed E-state index contributed by atoms with van der Waals surface area (Å²) in [4.78, 5) is 27.0. The van der Waals surface area contributed by atoms with Crippen molar-refractivity contribution in [2.24, 2.45) is 5.41 Å². The van der Waals surface area contributed by atoms with E-state index in [4.69, 9.17) is 9.47 Å². The highest BCUT2D eigenvalue weighted by atomic mass is 16.6. The molecule has 0 aromatic carbocycles. The number of carbonyl (C=O) groups excluding carboxylic acids is 2. The molecular formula is C16H27N3O4. The van der Waals surface area contributed by atoms with Gasteiger partial charge in [0.25, 0.3) is 0 Å². The fourth-order valence-electron chi connectivity index (χ4n) is 4.09. The lowest BCUT2D eigenvalue weighted by atomic mass is 9.64. The third-order valence-electron chi connectivity index (χ3n) is 5.77. The van der Waals surface area contributed by atoms with E-state index in [1.807, 2.05) is 11.8 Å². The normalized spacial score (nSPS) is 36.1. The first kappa shape index (κ1) is 16.4. The summed E-state index contributed by atoms with van der Waals surface area (Å²) in [5.41, 5.74) is -0.0970. The molecule has 3 aliphatic rings. The average Bonchev–Trinajstić information content (AvgIpc) is 3.07. The van der Waals surface area contributed by atoms with Gasteiger partial charge in [-0.15, -0.1) is 0 Å². The van der Waals surface area contributed by atoms with Crippen LogP contribution in [0.2, 0.25) is 0 Å². The Morgan fingerprint density at radius 1 is 1.52 bits per heavy atom. The highest BCUT2D eigenvalue weighted by molar-refractivity contribution is 5.70. The summed E-state index contributed by atoms with van der Waals surface area (Å²) >= 11 is 0.